The van der Waals surface area contributed by atoms with Gasteiger partial charge in [-0.2, -0.15) is 70.1 Å². The molecule has 344 valence electrons. The van der Waals surface area contributed by atoms with Gasteiger partial charge in [-0.3, -0.25) is 0 Å². The molecule has 0 aliphatic rings. The molecular weight excluding hydrogens is 1080 g/mol. The largest absolute Gasteiger partial charge is 0.168 e. The van der Waals surface area contributed by atoms with E-state index >= 15 is 0 Å². The Kier molecular flexibility index (Phi) is 25.6. The number of benzene rings is 8. The van der Waals surface area contributed by atoms with Gasteiger partial charge in [0.25, 0.3) is 0 Å². The van der Waals surface area contributed by atoms with E-state index in [1.54, 1.807) is 46.7 Å². The van der Waals surface area contributed by atoms with Gasteiger partial charge in [0.2, 0.25) is 0 Å². The fraction of sp³-hybridized carbons (Fsp3) is 0.0625. The molecule has 12 aromatic rings. The molecule has 70 heavy (non-hydrogen) atoms. The average molecular weight is 1130 g/mol. The van der Waals surface area contributed by atoms with Gasteiger partial charge >= 0.3 is 225 Å². The van der Waals surface area contributed by atoms with Crippen LogP contribution in [0.2, 0.25) is 0 Å². The van der Waals surface area contributed by atoms with Crippen molar-refractivity contribution in [3.05, 3.63) is 313 Å². The normalized spacial score (nSPS) is 9.89. The zero-order chi connectivity index (χ0) is 46.9. The first-order valence-electron chi connectivity index (χ1n) is 23.3. The first-order valence-corrected chi connectivity index (χ1v) is 34.5. The summed E-state index contributed by atoms with van der Waals surface area (Å²) in [5.41, 5.74) is 5.61. The molecule has 0 heterocycles. The van der Waals surface area contributed by atoms with Gasteiger partial charge in [-0.15, -0.1) is 119 Å². The molecule has 0 radical (unpaired) electrons. The van der Waals surface area contributed by atoms with E-state index in [2.05, 4.69) is 291 Å². The van der Waals surface area contributed by atoms with Crippen molar-refractivity contribution in [2.45, 2.75) is 24.2 Å². The van der Waals surface area contributed by atoms with Gasteiger partial charge in [0.1, 0.15) is 0 Å². The maximum atomic E-state index is 2.25. The van der Waals surface area contributed by atoms with Crippen LogP contribution in [-0.4, -0.2) is 10.9 Å². The van der Waals surface area contributed by atoms with Crippen molar-refractivity contribution in [2.75, 3.05) is 0 Å². The summed E-state index contributed by atoms with van der Waals surface area (Å²) in [4.78, 5) is 0. The van der Waals surface area contributed by atoms with Crippen LogP contribution in [0.3, 0.4) is 0 Å². The Morgan fingerprint density at radius 3 is 0.629 bits per heavy atom. The van der Waals surface area contributed by atoms with E-state index in [1.807, 2.05) is 0 Å². The number of halogens is 2. The van der Waals surface area contributed by atoms with E-state index in [4.69, 9.17) is 0 Å². The van der Waals surface area contributed by atoms with Crippen LogP contribution in [0.25, 0.3) is 43.1 Å². The van der Waals surface area contributed by atoms with Crippen LogP contribution in [0.5, 0.6) is 0 Å². The summed E-state index contributed by atoms with van der Waals surface area (Å²) in [6.45, 7) is 0. The molecule has 0 saturated carbocycles. The maximum absolute atomic E-state index is 2.25. The van der Waals surface area contributed by atoms with Crippen molar-refractivity contribution in [3.8, 4) is 0 Å². The Hall–Kier alpha value is -5.02. The van der Waals surface area contributed by atoms with Crippen molar-refractivity contribution in [2.24, 2.45) is 0 Å². The summed E-state index contributed by atoms with van der Waals surface area (Å²) in [6, 6.07) is 107. The van der Waals surface area contributed by atoms with Crippen molar-refractivity contribution in [1.29, 1.82) is 0 Å². The summed E-state index contributed by atoms with van der Waals surface area (Å²) >= 11 is 3.47. The standard InChI is InChI=1S/2C14H14Si.4C9H7.2ClH.2Zr/c2*1-3-7-13(8-4-1)11-15-12-14-9-5-2-6-10-14;4*1-2-5-9-7-3-6-8(9)4-1;;;;/h2*1-10H,11-12H2;4*1-7H;2*1H;;/q;;4*-1;;;2*+2/p-2. The fourth-order valence-corrected chi connectivity index (χ4v) is 17.0. The monoisotopic (exact) mass is 1130 g/mol. The van der Waals surface area contributed by atoms with Gasteiger partial charge in [0, 0.05) is 0 Å². The minimum atomic E-state index is -0.204. The zero-order valence-electron chi connectivity index (χ0n) is 39.3. The van der Waals surface area contributed by atoms with Crippen LogP contribution in [0.1, 0.15) is 22.3 Å². The SMILES string of the molecule is [Cl-].[Cl-].[Zr+2]=[Si](Cc1ccccc1)Cc1ccccc1.[Zr+2]=[Si](Cc1ccccc1)Cc1ccccc1.c1ccc2[cH-]ccc2c1.c1ccc2[cH-]ccc2c1.c1ccc2[cH-]ccc2c1.c1ccc2[cH-]ccc2c1. The first-order chi connectivity index (χ1) is 33.6. The van der Waals surface area contributed by atoms with Crippen molar-refractivity contribution in [1.82, 2.24) is 0 Å². The van der Waals surface area contributed by atoms with Crippen LogP contribution in [-0.2, 0) is 70.8 Å². The number of hydrogen-bond acceptors (Lipinski definition) is 0. The number of rotatable bonds is 8. The Labute approximate surface area is 458 Å². The molecule has 0 amide bonds. The molecule has 0 saturated heterocycles. The van der Waals surface area contributed by atoms with Gasteiger partial charge in [0.15, 0.2) is 0 Å². The van der Waals surface area contributed by atoms with E-state index in [0.29, 0.717) is 0 Å². The number of fused-ring (bicyclic) bond motifs is 4. The third-order valence-electron chi connectivity index (χ3n) is 11.2. The zero-order valence-corrected chi connectivity index (χ0v) is 47.7. The summed E-state index contributed by atoms with van der Waals surface area (Å²) in [6.07, 6.45) is 0. The van der Waals surface area contributed by atoms with Gasteiger partial charge in [-0.25, -0.2) is 0 Å². The Morgan fingerprint density at radius 1 is 0.243 bits per heavy atom. The molecular formula is C64H56Cl2Si2Zr2-2. The predicted octanol–water partition coefficient (Wildman–Crippen LogP) is 10.4. The van der Waals surface area contributed by atoms with E-state index in [0.717, 1.165) is 0 Å². The number of hydrogen-bond donors (Lipinski definition) is 0. The molecule has 0 N–H and O–H groups in total. The molecule has 0 nitrogen and oxygen atoms in total. The Morgan fingerprint density at radius 2 is 0.429 bits per heavy atom. The summed E-state index contributed by atoms with van der Waals surface area (Å²) < 4.78 is 0. The maximum Gasteiger partial charge on any atom is -0.0809 e. The van der Waals surface area contributed by atoms with Crippen molar-refractivity contribution in [3.63, 3.8) is 0 Å². The third kappa shape index (κ3) is 19.6. The molecule has 6 heteroatoms. The minimum absolute atomic E-state index is 0. The quantitative estimate of drug-likeness (QED) is 0.105. The molecule has 0 unspecified atom stereocenters. The van der Waals surface area contributed by atoms with Crippen LogP contribution >= 0.6 is 0 Å². The summed E-state index contributed by atoms with van der Waals surface area (Å²) in [5.74, 6) is 0. The van der Waals surface area contributed by atoms with E-state index in [-0.39, 0.29) is 35.7 Å². The van der Waals surface area contributed by atoms with Gasteiger partial charge < -0.3 is 24.8 Å². The molecule has 0 aromatic heterocycles. The van der Waals surface area contributed by atoms with Crippen LogP contribution < -0.4 is 24.8 Å². The van der Waals surface area contributed by atoms with Crippen molar-refractivity contribution < 1.29 is 71.5 Å². The molecule has 0 spiro atoms. The minimum Gasteiger partial charge on any atom is -0.168 e. The Bertz CT molecular complexity index is 2720. The smallest absolute Gasteiger partial charge is 0.0809 e. The predicted molar refractivity (Wildman–Crippen MR) is 290 cm³/mol. The molecule has 0 aliphatic carbocycles. The third-order valence-corrected chi connectivity index (χ3v) is 19.8. The van der Waals surface area contributed by atoms with Crippen LogP contribution in [0.4, 0.5) is 0 Å². The van der Waals surface area contributed by atoms with E-state index in [9.17, 15) is 0 Å². The molecule has 0 atom stereocenters. The second-order valence-corrected chi connectivity index (χ2v) is 30.7. The summed E-state index contributed by atoms with van der Waals surface area (Å²) in [7, 11) is 0. The van der Waals surface area contributed by atoms with Crippen LogP contribution in [0.15, 0.2) is 291 Å². The average Bonchev–Trinajstić information content (AvgIpc) is 4.24. The van der Waals surface area contributed by atoms with Gasteiger partial charge in [-0.1, -0.05) is 24.3 Å². The molecule has 0 bridgehead atoms. The van der Waals surface area contributed by atoms with Gasteiger partial charge in [-0.05, 0) is 0 Å². The van der Waals surface area contributed by atoms with E-state index < -0.39 is 0 Å². The van der Waals surface area contributed by atoms with Crippen molar-refractivity contribution >= 4 is 54.0 Å². The second-order valence-electron chi connectivity index (χ2n) is 16.5. The first kappa shape index (κ1) is 55.9. The molecule has 12 aromatic carbocycles. The van der Waals surface area contributed by atoms with Crippen LogP contribution in [0, 0.1) is 0 Å². The fourth-order valence-electron chi connectivity index (χ4n) is 7.77. The van der Waals surface area contributed by atoms with Gasteiger partial charge in [0.05, 0.1) is 0 Å². The Balaban J connectivity index is 0.000000159. The van der Waals surface area contributed by atoms with E-state index in [1.165, 1.54) is 89.5 Å². The molecule has 12 rings (SSSR count). The second kappa shape index (κ2) is 32.1. The molecule has 0 aliphatic heterocycles. The molecule has 0 fully saturated rings. The summed E-state index contributed by atoms with van der Waals surface area (Å²) in [5, 5.41) is 10.6. The topological polar surface area (TPSA) is 0 Å².